The van der Waals surface area contributed by atoms with Gasteiger partial charge in [-0.1, -0.05) is 61.2 Å². The van der Waals surface area contributed by atoms with E-state index in [4.69, 9.17) is 5.73 Å². The van der Waals surface area contributed by atoms with Gasteiger partial charge < -0.3 is 5.73 Å². The predicted octanol–water partition coefficient (Wildman–Crippen LogP) is 5.18. The second kappa shape index (κ2) is 5.78. The fraction of sp³-hybridized carbons (Fsp3) is 0.250. The SMILES string of the molecule is Cc1cc(C)cc(C(N)c2cc(Br)c(C)cc2Br)c1. The van der Waals surface area contributed by atoms with Crippen molar-refractivity contribution in [3.8, 4) is 0 Å². The van der Waals surface area contributed by atoms with Crippen LogP contribution < -0.4 is 5.73 Å². The summed E-state index contributed by atoms with van der Waals surface area (Å²) in [5, 5.41) is 0. The van der Waals surface area contributed by atoms with Crippen molar-refractivity contribution in [1.82, 2.24) is 0 Å². The molecule has 0 amide bonds. The summed E-state index contributed by atoms with van der Waals surface area (Å²) in [6, 6.07) is 10.5. The minimum Gasteiger partial charge on any atom is -0.320 e. The molecule has 1 unspecified atom stereocenters. The van der Waals surface area contributed by atoms with Gasteiger partial charge in [-0.15, -0.1) is 0 Å². The molecule has 2 aromatic rings. The molecule has 2 aromatic carbocycles. The summed E-state index contributed by atoms with van der Waals surface area (Å²) >= 11 is 7.19. The van der Waals surface area contributed by atoms with Crippen LogP contribution in [0.3, 0.4) is 0 Å². The van der Waals surface area contributed by atoms with Crippen molar-refractivity contribution in [3.05, 3.63) is 67.1 Å². The molecule has 2 N–H and O–H groups in total. The molecule has 0 aromatic heterocycles. The van der Waals surface area contributed by atoms with Crippen LogP contribution in [0.1, 0.15) is 33.9 Å². The van der Waals surface area contributed by atoms with Gasteiger partial charge in [0, 0.05) is 8.95 Å². The van der Waals surface area contributed by atoms with Crippen LogP contribution >= 0.6 is 31.9 Å². The van der Waals surface area contributed by atoms with E-state index in [1.807, 2.05) is 0 Å². The van der Waals surface area contributed by atoms with Gasteiger partial charge in [-0.25, -0.2) is 0 Å². The number of aryl methyl sites for hydroxylation is 3. The Bertz CT molecular complexity index is 600. The molecule has 0 aliphatic heterocycles. The first-order valence-corrected chi connectivity index (χ1v) is 7.76. The maximum Gasteiger partial charge on any atom is 0.0563 e. The summed E-state index contributed by atoms with van der Waals surface area (Å²) in [5.41, 5.74) is 12.4. The molecule has 100 valence electrons. The Balaban J connectivity index is 2.49. The van der Waals surface area contributed by atoms with E-state index in [0.29, 0.717) is 0 Å². The van der Waals surface area contributed by atoms with Gasteiger partial charge in [0.25, 0.3) is 0 Å². The van der Waals surface area contributed by atoms with Crippen molar-refractivity contribution in [3.63, 3.8) is 0 Å². The molecular formula is C16H17Br2N. The molecule has 0 aliphatic carbocycles. The van der Waals surface area contributed by atoms with Crippen molar-refractivity contribution in [2.75, 3.05) is 0 Å². The summed E-state index contributed by atoms with van der Waals surface area (Å²) in [7, 11) is 0. The molecule has 1 nitrogen and oxygen atoms in total. The Morgan fingerprint density at radius 2 is 1.42 bits per heavy atom. The van der Waals surface area contributed by atoms with Crippen molar-refractivity contribution in [1.29, 1.82) is 0 Å². The lowest BCUT2D eigenvalue weighted by molar-refractivity contribution is 0.860. The molecule has 0 fully saturated rings. The van der Waals surface area contributed by atoms with Gasteiger partial charge in [0.15, 0.2) is 0 Å². The third-order valence-corrected chi connectivity index (χ3v) is 4.76. The standard InChI is InChI=1S/C16H17Br2N/c1-9-4-10(2)6-12(5-9)16(19)13-8-14(17)11(3)7-15(13)18/h4-8,16H,19H2,1-3H3. The quantitative estimate of drug-likeness (QED) is 0.760. The maximum atomic E-state index is 6.42. The third kappa shape index (κ3) is 3.28. The van der Waals surface area contributed by atoms with E-state index in [1.54, 1.807) is 0 Å². The zero-order valence-corrected chi connectivity index (χ0v) is 14.5. The molecule has 0 bridgehead atoms. The van der Waals surface area contributed by atoms with Crippen LogP contribution in [-0.4, -0.2) is 0 Å². The fourth-order valence-electron chi connectivity index (χ4n) is 2.27. The van der Waals surface area contributed by atoms with Crippen LogP contribution in [0.2, 0.25) is 0 Å². The van der Waals surface area contributed by atoms with Gasteiger partial charge in [0.05, 0.1) is 6.04 Å². The largest absolute Gasteiger partial charge is 0.320 e. The topological polar surface area (TPSA) is 26.0 Å². The lowest BCUT2D eigenvalue weighted by Crippen LogP contribution is -2.13. The molecule has 0 heterocycles. The predicted molar refractivity (Wildman–Crippen MR) is 88.5 cm³/mol. The van der Waals surface area contributed by atoms with E-state index < -0.39 is 0 Å². The molecule has 2 rings (SSSR count). The first-order valence-electron chi connectivity index (χ1n) is 6.18. The van der Waals surface area contributed by atoms with Crippen LogP contribution in [0, 0.1) is 20.8 Å². The summed E-state index contributed by atoms with van der Waals surface area (Å²) in [6.45, 7) is 6.27. The van der Waals surface area contributed by atoms with Crippen LogP contribution in [-0.2, 0) is 0 Å². The number of nitrogens with two attached hydrogens (primary N) is 1. The second-order valence-electron chi connectivity index (χ2n) is 5.02. The van der Waals surface area contributed by atoms with E-state index in [-0.39, 0.29) is 6.04 Å². The van der Waals surface area contributed by atoms with E-state index in [2.05, 4.69) is 83.0 Å². The van der Waals surface area contributed by atoms with E-state index >= 15 is 0 Å². The molecule has 0 aliphatic rings. The average molecular weight is 383 g/mol. The molecule has 3 heteroatoms. The monoisotopic (exact) mass is 381 g/mol. The first kappa shape index (κ1) is 14.8. The smallest absolute Gasteiger partial charge is 0.0563 e. The molecular weight excluding hydrogens is 366 g/mol. The highest BCUT2D eigenvalue weighted by atomic mass is 79.9. The van der Waals surface area contributed by atoms with Crippen LogP contribution in [0.15, 0.2) is 39.3 Å². The van der Waals surface area contributed by atoms with Crippen molar-refractivity contribution in [2.24, 2.45) is 5.73 Å². The third-order valence-electron chi connectivity index (χ3n) is 3.22. The zero-order chi connectivity index (χ0) is 14.2. The maximum absolute atomic E-state index is 6.42. The summed E-state index contributed by atoms with van der Waals surface area (Å²) in [4.78, 5) is 0. The number of halogens is 2. The summed E-state index contributed by atoms with van der Waals surface area (Å²) < 4.78 is 2.14. The van der Waals surface area contributed by atoms with E-state index in [0.717, 1.165) is 20.1 Å². The number of rotatable bonds is 2. The highest BCUT2D eigenvalue weighted by Gasteiger charge is 2.14. The summed E-state index contributed by atoms with van der Waals surface area (Å²) in [6.07, 6.45) is 0. The number of benzene rings is 2. The fourth-order valence-corrected chi connectivity index (χ4v) is 3.33. The van der Waals surface area contributed by atoms with Gasteiger partial charge >= 0.3 is 0 Å². The van der Waals surface area contributed by atoms with Crippen LogP contribution in [0.5, 0.6) is 0 Å². The Labute approximate surface area is 131 Å². The molecule has 0 saturated carbocycles. The van der Waals surface area contributed by atoms with E-state index in [9.17, 15) is 0 Å². The van der Waals surface area contributed by atoms with Crippen molar-refractivity contribution in [2.45, 2.75) is 26.8 Å². The molecule has 0 spiro atoms. The van der Waals surface area contributed by atoms with Crippen LogP contribution in [0.25, 0.3) is 0 Å². The number of hydrogen-bond donors (Lipinski definition) is 1. The van der Waals surface area contributed by atoms with Crippen molar-refractivity contribution < 1.29 is 0 Å². The highest BCUT2D eigenvalue weighted by Crippen LogP contribution is 2.32. The molecule has 1 atom stereocenters. The van der Waals surface area contributed by atoms with Gasteiger partial charge in [0.1, 0.15) is 0 Å². The molecule has 0 radical (unpaired) electrons. The Morgan fingerprint density at radius 3 is 2.00 bits per heavy atom. The van der Waals surface area contributed by atoms with Crippen molar-refractivity contribution >= 4 is 31.9 Å². The molecule has 0 saturated heterocycles. The highest BCUT2D eigenvalue weighted by molar-refractivity contribution is 9.11. The first-order chi connectivity index (χ1) is 8.88. The van der Waals surface area contributed by atoms with E-state index in [1.165, 1.54) is 16.7 Å². The lowest BCUT2D eigenvalue weighted by atomic mass is 9.96. The summed E-state index contributed by atoms with van der Waals surface area (Å²) in [5.74, 6) is 0. The Morgan fingerprint density at radius 1 is 0.842 bits per heavy atom. The normalized spacial score (nSPS) is 12.5. The van der Waals surface area contributed by atoms with Gasteiger partial charge in [-0.05, 0) is 49.6 Å². The van der Waals surface area contributed by atoms with Gasteiger partial charge in [-0.3, -0.25) is 0 Å². The second-order valence-corrected chi connectivity index (χ2v) is 6.73. The lowest BCUT2D eigenvalue weighted by Gasteiger charge is -2.17. The van der Waals surface area contributed by atoms with Gasteiger partial charge in [0.2, 0.25) is 0 Å². The minimum absolute atomic E-state index is 0.120. The number of hydrogen-bond acceptors (Lipinski definition) is 1. The minimum atomic E-state index is -0.120. The Hall–Kier alpha value is -0.640. The van der Waals surface area contributed by atoms with Crippen LogP contribution in [0.4, 0.5) is 0 Å². The average Bonchev–Trinajstić information content (AvgIpc) is 2.31. The van der Waals surface area contributed by atoms with Gasteiger partial charge in [-0.2, -0.15) is 0 Å². The zero-order valence-electron chi connectivity index (χ0n) is 11.3. The Kier molecular flexibility index (Phi) is 4.49. The molecule has 19 heavy (non-hydrogen) atoms.